The summed E-state index contributed by atoms with van der Waals surface area (Å²) < 4.78 is 0. The van der Waals surface area contributed by atoms with Gasteiger partial charge in [0.1, 0.15) is 5.01 Å². The van der Waals surface area contributed by atoms with Crippen molar-refractivity contribution in [2.75, 3.05) is 11.9 Å². The number of allylic oxidation sites excluding steroid dienone is 1. The lowest BCUT2D eigenvalue weighted by molar-refractivity contribution is 0.704. The second kappa shape index (κ2) is 5.99. The highest BCUT2D eigenvalue weighted by atomic mass is 32.1. The Morgan fingerprint density at radius 3 is 3.06 bits per heavy atom. The molecular formula is C12H19N3S. The van der Waals surface area contributed by atoms with Crippen molar-refractivity contribution in [1.82, 2.24) is 10.2 Å². The molecule has 0 fully saturated rings. The Kier molecular flexibility index (Phi) is 4.34. The zero-order valence-corrected chi connectivity index (χ0v) is 10.6. The number of nitrogens with zero attached hydrogens (tertiary/aromatic N) is 2. The molecule has 1 aliphatic rings. The van der Waals surface area contributed by atoms with Crippen LogP contribution in [0, 0.1) is 6.92 Å². The molecule has 0 amide bonds. The zero-order chi connectivity index (χ0) is 11.2. The maximum atomic E-state index is 4.05. The lowest BCUT2D eigenvalue weighted by atomic mass is 10.1. The number of hydrogen-bond donors (Lipinski definition) is 1. The van der Waals surface area contributed by atoms with E-state index in [1.807, 2.05) is 6.92 Å². The number of hydrogen-bond acceptors (Lipinski definition) is 4. The first-order valence-corrected chi connectivity index (χ1v) is 6.88. The predicted molar refractivity (Wildman–Crippen MR) is 68.9 cm³/mol. The number of aromatic nitrogens is 2. The Bertz CT molecular complexity index is 357. The number of aryl methyl sites for hydroxylation is 1. The average Bonchev–Trinajstić information content (AvgIpc) is 2.54. The fourth-order valence-corrected chi connectivity index (χ4v) is 2.62. The molecule has 0 radical (unpaired) electrons. The van der Waals surface area contributed by atoms with Crippen LogP contribution in [0.4, 0.5) is 5.13 Å². The van der Waals surface area contributed by atoms with E-state index in [4.69, 9.17) is 0 Å². The standard InChI is InChI=1S/C12H19N3S/c1-10-14-15-12(16-10)13-9-8-11-6-4-2-3-5-7-11/h6H,2-5,7-9H2,1H3,(H,13,15). The van der Waals surface area contributed by atoms with Crippen molar-refractivity contribution in [1.29, 1.82) is 0 Å². The summed E-state index contributed by atoms with van der Waals surface area (Å²) in [4.78, 5) is 0. The van der Waals surface area contributed by atoms with Crippen LogP contribution >= 0.6 is 11.3 Å². The highest BCUT2D eigenvalue weighted by molar-refractivity contribution is 7.15. The van der Waals surface area contributed by atoms with E-state index in [0.717, 1.165) is 23.1 Å². The molecular weight excluding hydrogens is 218 g/mol. The van der Waals surface area contributed by atoms with Gasteiger partial charge in [-0.1, -0.05) is 29.4 Å². The van der Waals surface area contributed by atoms with Gasteiger partial charge in [0, 0.05) is 6.54 Å². The van der Waals surface area contributed by atoms with Gasteiger partial charge in [-0.3, -0.25) is 0 Å². The highest BCUT2D eigenvalue weighted by Gasteiger charge is 2.03. The van der Waals surface area contributed by atoms with Gasteiger partial charge in [-0.15, -0.1) is 10.2 Å². The summed E-state index contributed by atoms with van der Waals surface area (Å²) in [5.41, 5.74) is 1.62. The molecule has 0 unspecified atom stereocenters. The summed E-state index contributed by atoms with van der Waals surface area (Å²) in [5.74, 6) is 0. The van der Waals surface area contributed by atoms with Gasteiger partial charge < -0.3 is 5.32 Å². The van der Waals surface area contributed by atoms with Crippen molar-refractivity contribution in [3.8, 4) is 0 Å². The van der Waals surface area contributed by atoms with Crippen molar-refractivity contribution in [3.05, 3.63) is 16.7 Å². The van der Waals surface area contributed by atoms with Gasteiger partial charge in [0.25, 0.3) is 0 Å². The number of nitrogens with one attached hydrogen (secondary N) is 1. The van der Waals surface area contributed by atoms with Crippen molar-refractivity contribution in [2.45, 2.75) is 45.4 Å². The van der Waals surface area contributed by atoms with E-state index in [-0.39, 0.29) is 0 Å². The lowest BCUT2D eigenvalue weighted by Gasteiger charge is -2.05. The molecule has 1 heterocycles. The van der Waals surface area contributed by atoms with Crippen LogP contribution in [0.15, 0.2) is 11.6 Å². The van der Waals surface area contributed by atoms with E-state index >= 15 is 0 Å². The second-order valence-electron chi connectivity index (χ2n) is 4.26. The van der Waals surface area contributed by atoms with E-state index in [1.54, 1.807) is 16.9 Å². The molecule has 16 heavy (non-hydrogen) atoms. The Morgan fingerprint density at radius 1 is 1.31 bits per heavy atom. The number of rotatable bonds is 4. The first-order chi connectivity index (χ1) is 7.84. The Hall–Kier alpha value is -0.900. The van der Waals surface area contributed by atoms with E-state index in [1.165, 1.54) is 32.1 Å². The molecule has 1 aliphatic carbocycles. The minimum Gasteiger partial charge on any atom is -0.360 e. The smallest absolute Gasteiger partial charge is 0.205 e. The van der Waals surface area contributed by atoms with Crippen LogP contribution in [0.5, 0.6) is 0 Å². The van der Waals surface area contributed by atoms with E-state index in [2.05, 4.69) is 21.6 Å². The van der Waals surface area contributed by atoms with Gasteiger partial charge >= 0.3 is 0 Å². The summed E-state index contributed by atoms with van der Waals surface area (Å²) in [7, 11) is 0. The maximum Gasteiger partial charge on any atom is 0.205 e. The van der Waals surface area contributed by atoms with Crippen molar-refractivity contribution in [3.63, 3.8) is 0 Å². The average molecular weight is 237 g/mol. The van der Waals surface area contributed by atoms with E-state index in [9.17, 15) is 0 Å². The highest BCUT2D eigenvalue weighted by Crippen LogP contribution is 2.20. The normalized spacial score (nSPS) is 16.7. The molecule has 1 aromatic rings. The monoisotopic (exact) mass is 237 g/mol. The molecule has 88 valence electrons. The van der Waals surface area contributed by atoms with Crippen LogP contribution in [0.25, 0.3) is 0 Å². The topological polar surface area (TPSA) is 37.8 Å². The Balaban J connectivity index is 1.73. The minimum absolute atomic E-state index is 0.951. The van der Waals surface area contributed by atoms with Crippen molar-refractivity contribution >= 4 is 16.5 Å². The molecule has 0 atom stereocenters. The van der Waals surface area contributed by atoms with Gasteiger partial charge in [-0.2, -0.15) is 0 Å². The molecule has 0 aromatic carbocycles. The van der Waals surface area contributed by atoms with Crippen LogP contribution in [-0.4, -0.2) is 16.7 Å². The molecule has 4 heteroatoms. The van der Waals surface area contributed by atoms with Crippen LogP contribution in [0.2, 0.25) is 0 Å². The fourth-order valence-electron chi connectivity index (χ4n) is 2.01. The summed E-state index contributed by atoms with van der Waals surface area (Å²) in [6.45, 7) is 2.97. The third-order valence-electron chi connectivity index (χ3n) is 2.88. The van der Waals surface area contributed by atoms with Crippen LogP contribution < -0.4 is 5.32 Å². The quantitative estimate of drug-likeness (QED) is 0.814. The maximum absolute atomic E-state index is 4.05. The largest absolute Gasteiger partial charge is 0.360 e. The van der Waals surface area contributed by atoms with E-state index < -0.39 is 0 Å². The molecule has 0 bridgehead atoms. The predicted octanol–water partition coefficient (Wildman–Crippen LogP) is 3.54. The van der Waals surface area contributed by atoms with Crippen LogP contribution in [-0.2, 0) is 0 Å². The van der Waals surface area contributed by atoms with Crippen LogP contribution in [0.1, 0.15) is 43.5 Å². The Morgan fingerprint density at radius 2 is 2.25 bits per heavy atom. The van der Waals surface area contributed by atoms with Gasteiger partial charge in [0.05, 0.1) is 0 Å². The SMILES string of the molecule is Cc1nnc(NCCC2=CCCCCC2)s1. The van der Waals surface area contributed by atoms with Crippen molar-refractivity contribution < 1.29 is 0 Å². The zero-order valence-electron chi connectivity index (χ0n) is 9.83. The molecule has 0 spiro atoms. The lowest BCUT2D eigenvalue weighted by Crippen LogP contribution is -2.02. The number of anilines is 1. The molecule has 2 rings (SSSR count). The molecule has 3 nitrogen and oxygen atoms in total. The van der Waals surface area contributed by atoms with Gasteiger partial charge in [-0.05, 0) is 39.0 Å². The van der Waals surface area contributed by atoms with E-state index in [0.29, 0.717) is 0 Å². The molecule has 0 saturated carbocycles. The molecule has 0 aliphatic heterocycles. The third-order valence-corrected chi connectivity index (χ3v) is 3.68. The fraction of sp³-hybridized carbons (Fsp3) is 0.667. The second-order valence-corrected chi connectivity index (χ2v) is 5.45. The summed E-state index contributed by atoms with van der Waals surface area (Å²) in [6.07, 6.45) is 10.3. The van der Waals surface area contributed by atoms with Gasteiger partial charge in [-0.25, -0.2) is 0 Å². The first-order valence-electron chi connectivity index (χ1n) is 6.06. The van der Waals surface area contributed by atoms with Crippen LogP contribution in [0.3, 0.4) is 0 Å². The summed E-state index contributed by atoms with van der Waals surface area (Å²) >= 11 is 1.63. The summed E-state index contributed by atoms with van der Waals surface area (Å²) in [6, 6.07) is 0. The molecule has 0 saturated heterocycles. The van der Waals surface area contributed by atoms with Crippen molar-refractivity contribution in [2.24, 2.45) is 0 Å². The first kappa shape index (κ1) is 11.6. The Labute approximate surface area is 101 Å². The third kappa shape index (κ3) is 3.59. The minimum atomic E-state index is 0.951. The molecule has 1 aromatic heterocycles. The van der Waals surface area contributed by atoms with Gasteiger partial charge in [0.2, 0.25) is 5.13 Å². The molecule has 1 N–H and O–H groups in total. The summed E-state index contributed by atoms with van der Waals surface area (Å²) in [5, 5.41) is 13.4. The van der Waals surface area contributed by atoms with Gasteiger partial charge in [0.15, 0.2) is 0 Å².